The Labute approximate surface area is 162 Å². The predicted molar refractivity (Wildman–Crippen MR) is 100 cm³/mol. The molecular weight excluding hydrogens is 394 g/mol. The van der Waals surface area contributed by atoms with E-state index in [2.05, 4.69) is 0 Å². The van der Waals surface area contributed by atoms with Gasteiger partial charge in [-0.05, 0) is 81.0 Å². The van der Waals surface area contributed by atoms with Crippen molar-refractivity contribution in [2.24, 2.45) is 5.92 Å². The Hall–Kier alpha value is -1.50. The molecule has 1 aliphatic rings. The van der Waals surface area contributed by atoms with Gasteiger partial charge in [-0.15, -0.1) is 0 Å². The monoisotopic (exact) mass is 414 g/mol. The van der Waals surface area contributed by atoms with Crippen LogP contribution in [0, 0.1) is 17.6 Å². The van der Waals surface area contributed by atoms with Gasteiger partial charge in [-0.2, -0.15) is 0 Å². The molecule has 0 spiro atoms. The van der Waals surface area contributed by atoms with E-state index in [0.717, 1.165) is 18.2 Å². The van der Waals surface area contributed by atoms with Gasteiger partial charge in [0.15, 0.2) is 9.84 Å². The Morgan fingerprint density at radius 2 is 1.70 bits per heavy atom. The molecule has 27 heavy (non-hydrogen) atoms. The molecular formula is C20H21ClF2O3S. The summed E-state index contributed by atoms with van der Waals surface area (Å²) in [5.41, 5.74) is -0.151. The normalized spacial score (nSPS) is 24.6. The maximum Gasteiger partial charge on any atom is 0.188 e. The van der Waals surface area contributed by atoms with E-state index in [-0.39, 0.29) is 29.2 Å². The van der Waals surface area contributed by atoms with Crippen LogP contribution in [-0.4, -0.2) is 19.6 Å². The first kappa shape index (κ1) is 20.2. The second-order valence-electron chi connectivity index (χ2n) is 7.15. The predicted octanol–water partition coefficient (Wildman–Crippen LogP) is 4.86. The quantitative estimate of drug-likeness (QED) is 0.777. The van der Waals surface area contributed by atoms with Crippen molar-refractivity contribution in [2.75, 3.05) is 0 Å². The number of sulfone groups is 1. The van der Waals surface area contributed by atoms with E-state index in [4.69, 9.17) is 11.6 Å². The maximum absolute atomic E-state index is 14.7. The van der Waals surface area contributed by atoms with Crippen molar-refractivity contribution < 1.29 is 22.3 Å². The zero-order valence-electron chi connectivity index (χ0n) is 14.8. The summed E-state index contributed by atoms with van der Waals surface area (Å²) in [6.45, 7) is 1.66. The summed E-state index contributed by atoms with van der Waals surface area (Å²) in [4.78, 5) is 0.0195. The Morgan fingerprint density at radius 3 is 2.26 bits per heavy atom. The zero-order chi connectivity index (χ0) is 19.8. The van der Waals surface area contributed by atoms with Crippen LogP contribution in [-0.2, 0) is 14.6 Å². The summed E-state index contributed by atoms with van der Waals surface area (Å²) in [5, 5.41) is 10.3. The molecule has 0 heterocycles. The van der Waals surface area contributed by atoms with Crippen molar-refractivity contribution in [1.29, 1.82) is 0 Å². The number of benzene rings is 2. The third-order valence-corrected chi connectivity index (χ3v) is 8.38. The lowest BCUT2D eigenvalue weighted by molar-refractivity contribution is 0.0915. The summed E-state index contributed by atoms with van der Waals surface area (Å²) in [6, 6.07) is 8.62. The minimum absolute atomic E-state index is 0.0195. The molecule has 3 rings (SSSR count). The van der Waals surface area contributed by atoms with Crippen LogP contribution >= 0.6 is 11.6 Å². The van der Waals surface area contributed by atoms with Crippen LogP contribution in [0.1, 0.15) is 38.2 Å². The average molecular weight is 415 g/mol. The highest BCUT2D eigenvalue weighted by molar-refractivity contribution is 7.92. The van der Waals surface area contributed by atoms with Crippen LogP contribution in [0.15, 0.2) is 47.4 Å². The summed E-state index contributed by atoms with van der Waals surface area (Å²) >= 11 is 5.87. The van der Waals surface area contributed by atoms with E-state index in [1.165, 1.54) is 24.3 Å². The second-order valence-corrected chi connectivity index (χ2v) is 9.85. The van der Waals surface area contributed by atoms with Gasteiger partial charge in [0.1, 0.15) is 16.4 Å². The molecule has 1 fully saturated rings. The van der Waals surface area contributed by atoms with E-state index >= 15 is 0 Å². The number of rotatable bonds is 4. The summed E-state index contributed by atoms with van der Waals surface area (Å²) in [7, 11) is -4.03. The van der Waals surface area contributed by atoms with Gasteiger partial charge in [-0.3, -0.25) is 0 Å². The summed E-state index contributed by atoms with van der Waals surface area (Å²) in [6.07, 6.45) is 0.432. The Kier molecular flexibility index (Phi) is 5.62. The molecule has 1 aliphatic carbocycles. The van der Waals surface area contributed by atoms with Gasteiger partial charge in [0, 0.05) is 10.6 Å². The van der Waals surface area contributed by atoms with E-state index in [1.807, 2.05) is 0 Å². The van der Waals surface area contributed by atoms with Gasteiger partial charge in [0.05, 0.1) is 11.0 Å². The lowest BCUT2D eigenvalue weighted by Crippen LogP contribution is -2.42. The molecule has 146 valence electrons. The topological polar surface area (TPSA) is 54.4 Å². The van der Waals surface area contributed by atoms with E-state index < -0.39 is 32.3 Å². The third kappa shape index (κ3) is 3.62. The Balaban J connectivity index is 2.16. The molecule has 0 saturated heterocycles. The smallest absolute Gasteiger partial charge is 0.188 e. The molecule has 1 saturated carbocycles. The summed E-state index contributed by atoms with van der Waals surface area (Å²) < 4.78 is 54.1. The minimum Gasteiger partial charge on any atom is -0.393 e. The highest BCUT2D eigenvalue weighted by Crippen LogP contribution is 2.49. The molecule has 2 aromatic rings. The van der Waals surface area contributed by atoms with Gasteiger partial charge in [-0.1, -0.05) is 11.6 Å². The van der Waals surface area contributed by atoms with Gasteiger partial charge >= 0.3 is 0 Å². The minimum atomic E-state index is -4.03. The number of hydrogen-bond acceptors (Lipinski definition) is 3. The van der Waals surface area contributed by atoms with Crippen LogP contribution in [0.5, 0.6) is 0 Å². The van der Waals surface area contributed by atoms with Crippen LogP contribution in [0.2, 0.25) is 5.02 Å². The fourth-order valence-corrected chi connectivity index (χ4v) is 6.25. The summed E-state index contributed by atoms with van der Waals surface area (Å²) in [5.74, 6) is -1.51. The number of aliphatic hydroxyl groups is 1. The highest BCUT2D eigenvalue weighted by Gasteiger charge is 2.50. The van der Waals surface area contributed by atoms with Crippen molar-refractivity contribution in [2.45, 2.75) is 48.4 Å². The van der Waals surface area contributed by atoms with Crippen LogP contribution in [0.4, 0.5) is 8.78 Å². The van der Waals surface area contributed by atoms with Gasteiger partial charge in [0.25, 0.3) is 0 Å². The molecule has 7 heteroatoms. The average Bonchev–Trinajstić information content (AvgIpc) is 2.64. The first-order valence-corrected chi connectivity index (χ1v) is 10.7. The van der Waals surface area contributed by atoms with E-state index in [9.17, 15) is 22.3 Å². The molecule has 0 bridgehead atoms. The SMILES string of the molecule is CC(O)C1CCC(c2cc(F)ccc2F)(S(=O)(=O)c2ccc(Cl)cc2)CC1. The van der Waals surface area contributed by atoms with Gasteiger partial charge < -0.3 is 5.11 Å². The molecule has 1 unspecified atom stereocenters. The second kappa shape index (κ2) is 7.49. The third-order valence-electron chi connectivity index (χ3n) is 5.58. The molecule has 0 amide bonds. The van der Waals surface area contributed by atoms with Crippen LogP contribution in [0.3, 0.4) is 0 Å². The van der Waals surface area contributed by atoms with Crippen molar-refractivity contribution in [3.63, 3.8) is 0 Å². The van der Waals surface area contributed by atoms with Crippen molar-refractivity contribution in [1.82, 2.24) is 0 Å². The van der Waals surface area contributed by atoms with E-state index in [1.54, 1.807) is 6.92 Å². The number of aliphatic hydroxyl groups excluding tert-OH is 1. The molecule has 0 radical (unpaired) electrons. The van der Waals surface area contributed by atoms with E-state index in [0.29, 0.717) is 17.9 Å². The largest absolute Gasteiger partial charge is 0.393 e. The van der Waals surface area contributed by atoms with Crippen LogP contribution in [0.25, 0.3) is 0 Å². The standard InChI is InChI=1S/C20H21ClF2O3S/c1-13(24)14-8-10-20(11-9-14,18-12-16(22)4-7-19(18)23)27(25,26)17-5-2-15(21)3-6-17/h2-7,12-14,24H,8-11H2,1H3. The van der Waals surface area contributed by atoms with Crippen molar-refractivity contribution >= 4 is 21.4 Å². The first-order chi connectivity index (χ1) is 12.7. The molecule has 1 N–H and O–H groups in total. The number of hydrogen-bond donors (Lipinski definition) is 1. The fraction of sp³-hybridized carbons (Fsp3) is 0.400. The molecule has 0 aromatic heterocycles. The van der Waals surface area contributed by atoms with Crippen LogP contribution < -0.4 is 0 Å². The first-order valence-electron chi connectivity index (χ1n) is 8.81. The lowest BCUT2D eigenvalue weighted by Gasteiger charge is -2.41. The number of halogens is 3. The molecule has 2 aromatic carbocycles. The van der Waals surface area contributed by atoms with Gasteiger partial charge in [0.2, 0.25) is 0 Å². The Morgan fingerprint density at radius 1 is 1.11 bits per heavy atom. The zero-order valence-corrected chi connectivity index (χ0v) is 16.4. The molecule has 1 atom stereocenters. The Bertz CT molecular complexity index is 919. The maximum atomic E-state index is 14.7. The van der Waals surface area contributed by atoms with Crippen molar-refractivity contribution in [3.05, 3.63) is 64.7 Å². The molecule has 3 nitrogen and oxygen atoms in total. The van der Waals surface area contributed by atoms with Crippen molar-refractivity contribution in [3.8, 4) is 0 Å². The lowest BCUT2D eigenvalue weighted by atomic mass is 9.76. The van der Waals surface area contributed by atoms with Gasteiger partial charge in [-0.25, -0.2) is 17.2 Å². The fourth-order valence-electron chi connectivity index (χ4n) is 3.96. The highest BCUT2D eigenvalue weighted by atomic mass is 35.5. The molecule has 0 aliphatic heterocycles.